The van der Waals surface area contributed by atoms with E-state index in [0.29, 0.717) is 16.1 Å². The van der Waals surface area contributed by atoms with Crippen LogP contribution in [0.25, 0.3) is 0 Å². The molecule has 0 aliphatic heterocycles. The Labute approximate surface area is 114 Å². The van der Waals surface area contributed by atoms with Gasteiger partial charge in [0.25, 0.3) is 5.91 Å². The quantitative estimate of drug-likeness (QED) is 0.679. The maximum absolute atomic E-state index is 12.7. The molecule has 0 aliphatic carbocycles. The first-order chi connectivity index (χ1) is 9.15. The van der Waals surface area contributed by atoms with Crippen LogP contribution in [0.15, 0.2) is 53.6 Å². The lowest BCUT2D eigenvalue weighted by atomic mass is 10.2. The Bertz CT molecular complexity index is 594. The van der Waals surface area contributed by atoms with E-state index in [0.717, 1.165) is 0 Å². The van der Waals surface area contributed by atoms with Crippen molar-refractivity contribution < 1.29 is 9.18 Å². The summed E-state index contributed by atoms with van der Waals surface area (Å²) < 4.78 is 12.7. The van der Waals surface area contributed by atoms with Crippen LogP contribution < -0.4 is 5.43 Å². The molecule has 96 valence electrons. The number of hydrogen-bond donors (Lipinski definition) is 1. The maximum atomic E-state index is 12.7. The zero-order valence-electron chi connectivity index (χ0n) is 9.81. The van der Waals surface area contributed by atoms with Crippen molar-refractivity contribution in [1.82, 2.24) is 5.43 Å². The Hall–Kier alpha value is -2.20. The third-order valence-corrected chi connectivity index (χ3v) is 2.61. The largest absolute Gasteiger partial charge is 0.271 e. The summed E-state index contributed by atoms with van der Waals surface area (Å²) in [5.74, 6) is -0.655. The lowest BCUT2D eigenvalue weighted by Crippen LogP contribution is -2.17. The van der Waals surface area contributed by atoms with E-state index in [1.807, 2.05) is 0 Å². The van der Waals surface area contributed by atoms with Crippen molar-refractivity contribution in [3.8, 4) is 0 Å². The molecular weight excluding hydrogens is 267 g/mol. The van der Waals surface area contributed by atoms with Crippen LogP contribution in [-0.4, -0.2) is 12.1 Å². The monoisotopic (exact) mass is 276 g/mol. The molecule has 2 aromatic carbocycles. The van der Waals surface area contributed by atoms with Crippen molar-refractivity contribution in [3.63, 3.8) is 0 Å². The number of carbonyl (C=O) groups is 1. The van der Waals surface area contributed by atoms with Crippen molar-refractivity contribution in [1.29, 1.82) is 0 Å². The number of hydrazone groups is 1. The first-order valence-electron chi connectivity index (χ1n) is 5.50. The highest BCUT2D eigenvalue weighted by Gasteiger charge is 2.02. The summed E-state index contributed by atoms with van der Waals surface area (Å²) in [4.78, 5) is 11.7. The van der Waals surface area contributed by atoms with Gasteiger partial charge >= 0.3 is 0 Å². The Morgan fingerprint density at radius 3 is 2.37 bits per heavy atom. The van der Waals surface area contributed by atoms with Crippen molar-refractivity contribution in [2.24, 2.45) is 5.10 Å². The molecular formula is C14H10ClFN2O. The lowest BCUT2D eigenvalue weighted by Gasteiger charge is -1.99. The number of hydrogen-bond acceptors (Lipinski definition) is 2. The van der Waals surface area contributed by atoms with Crippen LogP contribution in [0.4, 0.5) is 4.39 Å². The number of nitrogens with zero attached hydrogens (tertiary/aromatic N) is 1. The molecule has 0 saturated heterocycles. The molecule has 0 bridgehead atoms. The van der Waals surface area contributed by atoms with Gasteiger partial charge in [-0.3, -0.25) is 4.79 Å². The van der Waals surface area contributed by atoms with Gasteiger partial charge in [-0.1, -0.05) is 23.7 Å². The average molecular weight is 277 g/mol. The molecule has 0 fully saturated rings. The summed E-state index contributed by atoms with van der Waals surface area (Å²) in [5.41, 5.74) is 3.53. The van der Waals surface area contributed by atoms with Gasteiger partial charge in [0.1, 0.15) is 5.82 Å². The van der Waals surface area contributed by atoms with Crippen LogP contribution in [0.5, 0.6) is 0 Å². The standard InChI is InChI=1S/C14H10ClFN2O/c15-12-5-3-11(4-6-12)14(19)18-17-9-10-1-7-13(16)8-2-10/h1-9H,(H,18,19)/b17-9-. The van der Waals surface area contributed by atoms with E-state index in [-0.39, 0.29) is 11.7 Å². The first-order valence-corrected chi connectivity index (χ1v) is 5.87. The molecule has 19 heavy (non-hydrogen) atoms. The van der Waals surface area contributed by atoms with E-state index in [9.17, 15) is 9.18 Å². The van der Waals surface area contributed by atoms with Gasteiger partial charge in [-0.15, -0.1) is 0 Å². The summed E-state index contributed by atoms with van der Waals surface area (Å²) in [7, 11) is 0. The fraction of sp³-hybridized carbons (Fsp3) is 0. The topological polar surface area (TPSA) is 41.5 Å². The Morgan fingerprint density at radius 1 is 1.11 bits per heavy atom. The molecule has 0 heterocycles. The third kappa shape index (κ3) is 3.89. The number of carbonyl (C=O) groups excluding carboxylic acids is 1. The minimum absolute atomic E-state index is 0.317. The highest BCUT2D eigenvalue weighted by molar-refractivity contribution is 6.30. The van der Waals surface area contributed by atoms with E-state index < -0.39 is 0 Å². The molecule has 0 saturated carbocycles. The molecule has 5 heteroatoms. The number of nitrogens with one attached hydrogen (secondary N) is 1. The number of halogens is 2. The Morgan fingerprint density at radius 2 is 1.74 bits per heavy atom. The third-order valence-electron chi connectivity index (χ3n) is 2.36. The molecule has 1 N–H and O–H groups in total. The molecule has 0 radical (unpaired) electrons. The van der Waals surface area contributed by atoms with Crippen LogP contribution in [0.3, 0.4) is 0 Å². The van der Waals surface area contributed by atoms with Gasteiger partial charge in [0.05, 0.1) is 6.21 Å². The predicted molar refractivity (Wildman–Crippen MR) is 72.9 cm³/mol. The van der Waals surface area contributed by atoms with E-state index in [1.165, 1.54) is 18.3 Å². The van der Waals surface area contributed by atoms with E-state index in [1.54, 1.807) is 36.4 Å². The summed E-state index contributed by atoms with van der Waals surface area (Å²) in [6.45, 7) is 0. The SMILES string of the molecule is O=C(N/N=C\c1ccc(F)cc1)c1ccc(Cl)cc1. The van der Waals surface area contributed by atoms with Gasteiger partial charge in [0.15, 0.2) is 0 Å². The van der Waals surface area contributed by atoms with Crippen molar-refractivity contribution >= 4 is 23.7 Å². The van der Waals surface area contributed by atoms with Crippen molar-refractivity contribution in [2.45, 2.75) is 0 Å². The van der Waals surface area contributed by atoms with Crippen LogP contribution in [0, 0.1) is 5.82 Å². The molecule has 0 unspecified atom stereocenters. The number of rotatable bonds is 3. The second kappa shape index (κ2) is 6.11. The lowest BCUT2D eigenvalue weighted by molar-refractivity contribution is 0.0955. The number of amides is 1. The van der Waals surface area contributed by atoms with Crippen molar-refractivity contribution in [3.05, 3.63) is 70.5 Å². The fourth-order valence-electron chi connectivity index (χ4n) is 1.38. The number of benzene rings is 2. The molecule has 1 amide bonds. The normalized spacial score (nSPS) is 10.6. The van der Waals surface area contributed by atoms with E-state index in [4.69, 9.17) is 11.6 Å². The smallest absolute Gasteiger partial charge is 0.267 e. The molecule has 2 rings (SSSR count). The second-order valence-corrected chi connectivity index (χ2v) is 4.19. The van der Waals surface area contributed by atoms with Crippen LogP contribution in [0.1, 0.15) is 15.9 Å². The van der Waals surface area contributed by atoms with Gasteiger partial charge in [-0.2, -0.15) is 5.10 Å². The van der Waals surface area contributed by atoms with E-state index >= 15 is 0 Å². The van der Waals surface area contributed by atoms with Gasteiger partial charge < -0.3 is 0 Å². The van der Waals surface area contributed by atoms with Gasteiger partial charge in [0.2, 0.25) is 0 Å². The fourth-order valence-corrected chi connectivity index (χ4v) is 1.51. The van der Waals surface area contributed by atoms with Crippen LogP contribution >= 0.6 is 11.6 Å². The highest BCUT2D eigenvalue weighted by atomic mass is 35.5. The molecule has 0 aromatic heterocycles. The molecule has 0 atom stereocenters. The zero-order valence-corrected chi connectivity index (χ0v) is 10.6. The zero-order chi connectivity index (χ0) is 13.7. The van der Waals surface area contributed by atoms with Gasteiger partial charge in [0, 0.05) is 10.6 Å². The minimum atomic E-state index is -0.338. The average Bonchev–Trinajstić information content (AvgIpc) is 2.41. The maximum Gasteiger partial charge on any atom is 0.271 e. The molecule has 0 spiro atoms. The Balaban J connectivity index is 1.96. The van der Waals surface area contributed by atoms with Gasteiger partial charge in [-0.05, 0) is 42.0 Å². The molecule has 3 nitrogen and oxygen atoms in total. The minimum Gasteiger partial charge on any atom is -0.267 e. The van der Waals surface area contributed by atoms with Crippen LogP contribution in [0.2, 0.25) is 5.02 Å². The first kappa shape index (κ1) is 13.2. The summed E-state index contributed by atoms with van der Waals surface area (Å²) in [6, 6.07) is 12.2. The summed E-state index contributed by atoms with van der Waals surface area (Å²) >= 11 is 5.72. The molecule has 2 aromatic rings. The molecule has 0 aliphatic rings. The Kier molecular flexibility index (Phi) is 4.26. The van der Waals surface area contributed by atoms with Crippen molar-refractivity contribution in [2.75, 3.05) is 0 Å². The van der Waals surface area contributed by atoms with Crippen LogP contribution in [-0.2, 0) is 0 Å². The summed E-state index contributed by atoms with van der Waals surface area (Å²) in [5, 5.41) is 4.35. The van der Waals surface area contributed by atoms with Gasteiger partial charge in [-0.25, -0.2) is 9.82 Å². The summed E-state index contributed by atoms with van der Waals surface area (Å²) in [6.07, 6.45) is 1.44. The van der Waals surface area contributed by atoms with E-state index in [2.05, 4.69) is 10.5 Å². The highest BCUT2D eigenvalue weighted by Crippen LogP contribution is 2.09. The predicted octanol–water partition coefficient (Wildman–Crippen LogP) is 3.24. The second-order valence-electron chi connectivity index (χ2n) is 3.76.